The smallest absolute Gasteiger partial charge is 0.281 e. The number of carbonyl (C=O) groups excluding carboxylic acids is 3. The molecule has 4 aliphatic heterocycles. The predicted molar refractivity (Wildman–Crippen MR) is 218 cm³/mol. The highest BCUT2D eigenvalue weighted by molar-refractivity contribution is 7.89. The summed E-state index contributed by atoms with van der Waals surface area (Å²) in [6.45, 7) is 4.78. The molecule has 14 heteroatoms. The van der Waals surface area contributed by atoms with Crippen LogP contribution in [0.25, 0.3) is 16.3 Å². The van der Waals surface area contributed by atoms with Crippen LogP contribution in [0.5, 0.6) is 5.75 Å². The normalized spacial score (nSPS) is 23.6. The van der Waals surface area contributed by atoms with Crippen LogP contribution in [0.15, 0.2) is 65.6 Å². The lowest BCUT2D eigenvalue weighted by Gasteiger charge is -2.62. The summed E-state index contributed by atoms with van der Waals surface area (Å²) in [6, 6.07) is 15.5. The number of Topliss-reactive ketones (excluding diaryl/α,β-unsaturated/α-hetero) is 1. The van der Waals surface area contributed by atoms with Crippen molar-refractivity contribution in [3.8, 4) is 5.75 Å². The van der Waals surface area contributed by atoms with Crippen LogP contribution >= 0.6 is 0 Å². The topological polar surface area (TPSA) is 168 Å². The molecule has 0 aromatic heterocycles. The Hall–Kier alpha value is -4.82. The zero-order valence-corrected chi connectivity index (χ0v) is 34.1. The van der Waals surface area contributed by atoms with Gasteiger partial charge in [-0.05, 0) is 62.4 Å². The fourth-order valence-corrected chi connectivity index (χ4v) is 11.0. The number of unbranched alkanes of at least 4 members (excludes halogenated alkanes) is 7. The number of ketones is 1. The highest BCUT2D eigenvalue weighted by Crippen LogP contribution is 2.58. The Bertz CT molecular complexity index is 2250. The Morgan fingerprint density at radius 1 is 0.947 bits per heavy atom. The van der Waals surface area contributed by atoms with Gasteiger partial charge in [0.25, 0.3) is 11.6 Å². The Labute approximate surface area is 334 Å². The largest absolute Gasteiger partial charge is 0.493 e. The molecule has 304 valence electrons. The van der Waals surface area contributed by atoms with E-state index in [9.17, 15) is 32.9 Å². The fraction of sp³-hybridized carbons (Fsp3) is 0.512. The molecule has 2 spiro atoms. The standard InChI is InChI=1S/C43H53N5O8S/c1-41(2)37-28-42-22-15-24-47(42)40(51)43(37,45-39(42)50)27-33(38(41)49)31-21-20-29(26-35(31)48(52)53)56-25-12-10-8-6-5-7-9-11-23-44-57(54,55)36-19-14-16-30-32(36)17-13-18-34(30)46(3)4/h13-14,16-21,26-27,37,44H,5-12,15,22-25,28H2,1-4H3,(H,45,50). The van der Waals surface area contributed by atoms with Crippen LogP contribution in [-0.2, 0) is 24.4 Å². The van der Waals surface area contributed by atoms with Crippen molar-refractivity contribution in [2.45, 2.75) is 100 Å². The Kier molecular flexibility index (Phi) is 11.0. The first-order valence-electron chi connectivity index (χ1n) is 20.2. The van der Waals surface area contributed by atoms with Crippen LogP contribution in [0, 0.1) is 21.4 Å². The summed E-state index contributed by atoms with van der Waals surface area (Å²) in [5.74, 6) is -0.888. The van der Waals surface area contributed by atoms with E-state index in [1.165, 1.54) is 18.2 Å². The van der Waals surface area contributed by atoms with Gasteiger partial charge in [0.1, 0.15) is 16.8 Å². The monoisotopic (exact) mass is 799 g/mol. The van der Waals surface area contributed by atoms with Gasteiger partial charge >= 0.3 is 0 Å². The molecule has 3 atom stereocenters. The number of fused-ring (bicyclic) bond motifs is 2. The van der Waals surface area contributed by atoms with Crippen LogP contribution < -0.4 is 19.7 Å². The average molecular weight is 800 g/mol. The Morgan fingerprint density at radius 3 is 2.35 bits per heavy atom. The van der Waals surface area contributed by atoms with Crippen molar-refractivity contribution in [3.05, 3.63) is 76.4 Å². The molecule has 2 amide bonds. The Balaban J connectivity index is 0.863. The molecular weight excluding hydrogens is 747 g/mol. The lowest BCUT2D eigenvalue weighted by atomic mass is 9.51. The lowest BCUT2D eigenvalue weighted by molar-refractivity contribution is -0.385. The van der Waals surface area contributed by atoms with Crippen molar-refractivity contribution in [2.75, 3.05) is 38.7 Å². The molecule has 4 heterocycles. The quantitative estimate of drug-likeness (QED) is 0.0876. The van der Waals surface area contributed by atoms with Crippen LogP contribution in [0.4, 0.5) is 11.4 Å². The van der Waals surface area contributed by atoms with Crippen molar-refractivity contribution in [1.82, 2.24) is 14.9 Å². The number of ether oxygens (including phenoxy) is 1. The van der Waals surface area contributed by atoms with E-state index >= 15 is 0 Å². The highest BCUT2D eigenvalue weighted by Gasteiger charge is 2.72. The minimum absolute atomic E-state index is 0.0674. The maximum atomic E-state index is 14.1. The van der Waals surface area contributed by atoms with Gasteiger partial charge in [0, 0.05) is 60.6 Å². The number of allylic oxidation sites excluding steroid dienone is 1. The summed E-state index contributed by atoms with van der Waals surface area (Å²) >= 11 is 0. The summed E-state index contributed by atoms with van der Waals surface area (Å²) < 4.78 is 35.0. The molecule has 4 fully saturated rings. The van der Waals surface area contributed by atoms with E-state index in [1.807, 2.05) is 43.3 Å². The number of nitro groups is 1. The van der Waals surface area contributed by atoms with Crippen molar-refractivity contribution in [3.63, 3.8) is 0 Å². The van der Waals surface area contributed by atoms with Gasteiger partial charge in [-0.1, -0.05) is 76.6 Å². The molecule has 13 nitrogen and oxygen atoms in total. The summed E-state index contributed by atoms with van der Waals surface area (Å²) in [6.07, 6.45) is 10.6. The van der Waals surface area contributed by atoms with Crippen LogP contribution in [0.2, 0.25) is 0 Å². The number of piperidine rings is 2. The van der Waals surface area contributed by atoms with Gasteiger partial charge in [-0.2, -0.15) is 0 Å². The number of carbonyl (C=O) groups is 3. The van der Waals surface area contributed by atoms with Crippen molar-refractivity contribution < 1.29 is 32.5 Å². The van der Waals surface area contributed by atoms with Crippen LogP contribution in [0.1, 0.15) is 90.0 Å². The number of benzene rings is 3. The summed E-state index contributed by atoms with van der Waals surface area (Å²) in [5, 5.41) is 16.9. The van der Waals surface area contributed by atoms with Gasteiger partial charge in [0.05, 0.1) is 28.1 Å². The number of piperazine rings is 1. The van der Waals surface area contributed by atoms with E-state index in [2.05, 4.69) is 10.0 Å². The number of rotatable bonds is 17. The number of anilines is 1. The third-order valence-electron chi connectivity index (χ3n) is 12.7. The third-order valence-corrected chi connectivity index (χ3v) is 14.2. The van der Waals surface area contributed by atoms with Crippen LogP contribution in [0.3, 0.4) is 0 Å². The highest BCUT2D eigenvalue weighted by atomic mass is 32.2. The SMILES string of the molecule is CN(C)c1cccc2c(S(=O)(=O)NCCCCCCCCCCOc3ccc(C4=CC56NC(=O)C7(CCCN7C5=O)CC6C(C)(C)C4=O)c([N+](=O)[O-])c3)cccc12. The molecule has 5 aliphatic rings. The van der Waals surface area contributed by atoms with E-state index in [4.69, 9.17) is 4.74 Å². The number of nitro benzene ring substituents is 1. The minimum Gasteiger partial charge on any atom is -0.493 e. The number of amides is 2. The van der Waals surface area contributed by atoms with Gasteiger partial charge in [0.15, 0.2) is 5.78 Å². The molecule has 4 saturated heterocycles. The van der Waals surface area contributed by atoms with E-state index in [1.54, 1.807) is 36.9 Å². The first kappa shape index (κ1) is 40.4. The van der Waals surface area contributed by atoms with Gasteiger partial charge < -0.3 is 19.9 Å². The molecule has 0 saturated carbocycles. The number of sulfonamides is 1. The van der Waals surface area contributed by atoms with Crippen molar-refractivity contribution >= 4 is 55.3 Å². The van der Waals surface area contributed by atoms with E-state index in [0.717, 1.165) is 62.4 Å². The van der Waals surface area contributed by atoms with Gasteiger partial charge in [0.2, 0.25) is 15.9 Å². The number of hydrogen-bond acceptors (Lipinski definition) is 9. The number of nitrogens with one attached hydrogen (secondary N) is 2. The van der Waals surface area contributed by atoms with E-state index in [-0.39, 0.29) is 34.4 Å². The molecule has 3 aromatic rings. The van der Waals surface area contributed by atoms with Gasteiger partial charge in [-0.25, -0.2) is 13.1 Å². The number of nitrogens with zero attached hydrogens (tertiary/aromatic N) is 3. The third kappa shape index (κ3) is 7.09. The molecule has 1 aliphatic carbocycles. The van der Waals surface area contributed by atoms with E-state index < -0.39 is 37.4 Å². The maximum absolute atomic E-state index is 14.1. The number of hydrogen-bond donors (Lipinski definition) is 2. The summed E-state index contributed by atoms with van der Waals surface area (Å²) in [7, 11) is 0.231. The first-order chi connectivity index (χ1) is 27.1. The maximum Gasteiger partial charge on any atom is 0.281 e. The van der Waals surface area contributed by atoms with E-state index in [0.29, 0.717) is 55.0 Å². The second-order valence-corrected chi connectivity index (χ2v) is 18.5. The molecule has 57 heavy (non-hydrogen) atoms. The molecule has 3 aromatic carbocycles. The average Bonchev–Trinajstić information content (AvgIpc) is 3.63. The molecule has 3 unspecified atom stereocenters. The summed E-state index contributed by atoms with van der Waals surface area (Å²) in [5.41, 5.74) is -2.57. The zero-order valence-electron chi connectivity index (χ0n) is 33.3. The molecule has 2 N–H and O–H groups in total. The second-order valence-electron chi connectivity index (χ2n) is 16.8. The van der Waals surface area contributed by atoms with Crippen molar-refractivity contribution in [1.29, 1.82) is 0 Å². The minimum atomic E-state index is -3.65. The Morgan fingerprint density at radius 2 is 1.63 bits per heavy atom. The second kappa shape index (κ2) is 15.5. The molecule has 2 bridgehead atoms. The lowest BCUT2D eigenvalue weighted by Crippen LogP contribution is -2.83. The molecule has 0 radical (unpaired) electrons. The summed E-state index contributed by atoms with van der Waals surface area (Å²) in [4.78, 5) is 57.2. The zero-order chi connectivity index (χ0) is 40.8. The predicted octanol–water partition coefficient (Wildman–Crippen LogP) is 6.53. The molecular formula is C43H53N5O8S. The first-order valence-corrected chi connectivity index (χ1v) is 21.6. The van der Waals surface area contributed by atoms with Crippen LogP contribution in [-0.4, -0.2) is 80.7 Å². The van der Waals surface area contributed by atoms with Gasteiger partial charge in [-0.3, -0.25) is 24.5 Å². The van der Waals surface area contributed by atoms with Gasteiger partial charge in [-0.15, -0.1) is 0 Å². The van der Waals surface area contributed by atoms with Crippen molar-refractivity contribution in [2.24, 2.45) is 11.3 Å². The fourth-order valence-electron chi connectivity index (χ4n) is 9.68. The molecule has 8 rings (SSSR count).